The molecule has 6 aromatic carbocycles. The number of rotatable bonds is 48. The van der Waals surface area contributed by atoms with Crippen LogP contribution in [0.15, 0.2) is 152 Å². The minimum absolute atomic E-state index is 0.0241. The maximum Gasteiger partial charge on any atom is 0.475 e. The Balaban J connectivity index is 1.26. The molecule has 0 radical (unpaired) electrons. The number of carbonyl (C=O) groups excluding carboxylic acids is 2. The summed E-state index contributed by atoms with van der Waals surface area (Å²) in [5.41, 5.74) is 4.53. The van der Waals surface area contributed by atoms with Crippen molar-refractivity contribution in [1.29, 1.82) is 0 Å². The second kappa shape index (κ2) is 43.5. The van der Waals surface area contributed by atoms with Crippen molar-refractivity contribution in [3.8, 4) is 28.7 Å². The molecule has 1 fully saturated rings. The molecular formula is C77H103O18P. The van der Waals surface area contributed by atoms with Crippen molar-refractivity contribution in [2.24, 2.45) is 0 Å². The lowest BCUT2D eigenvalue weighted by molar-refractivity contribution is -0.280. The quantitative estimate of drug-likeness (QED) is 0.0199. The molecule has 0 spiro atoms. The second-order valence-corrected chi connectivity index (χ2v) is 25.7. The van der Waals surface area contributed by atoms with Gasteiger partial charge >= 0.3 is 19.8 Å². The van der Waals surface area contributed by atoms with Gasteiger partial charge in [0.2, 0.25) is 0 Å². The predicted octanol–water partition coefficient (Wildman–Crippen LogP) is 16.8. The first kappa shape index (κ1) is 76.5. The lowest BCUT2D eigenvalue weighted by Crippen LogP contribution is -2.67. The third-order valence-electron chi connectivity index (χ3n) is 16.8. The molecule has 1 saturated carbocycles. The number of hydrogen-bond donors (Lipinski definition) is 0. The monoisotopic (exact) mass is 1350 g/mol. The molecule has 524 valence electrons. The zero-order valence-corrected chi connectivity index (χ0v) is 58.3. The smallest absolute Gasteiger partial charge is 0.475 e. The van der Waals surface area contributed by atoms with Gasteiger partial charge in [-0.15, -0.1) is 0 Å². The Kier molecular flexibility index (Phi) is 34.6. The number of ether oxygens (including phenoxy) is 12. The summed E-state index contributed by atoms with van der Waals surface area (Å²) < 4.78 is 112. The number of carbonyl (C=O) groups is 2. The molecule has 96 heavy (non-hydrogen) atoms. The summed E-state index contributed by atoms with van der Waals surface area (Å²) in [4.78, 5) is 26.9. The molecule has 18 nitrogen and oxygen atoms in total. The lowest BCUT2D eigenvalue weighted by Gasteiger charge is -2.50. The number of hydrogen-bond acceptors (Lipinski definition) is 18. The SMILES string of the molecule is CCCCCCCCCCCCCCCCC(=O)OC[C@H](COP(=O)(OCc1ccccc1)OC1[C@H](OCc2ccc(OC)cc2)[C@H](OCc2ccc(OC)cc2)C(OCc2ccc(OC)cc2)[C@H](OCc2ccc(OC)cc2)[C@H]1OCc1ccc(OC)cc1)OC(=O)CCC. The molecule has 0 aliphatic heterocycles. The van der Waals surface area contributed by atoms with Crippen LogP contribution in [-0.4, -0.2) is 103 Å². The van der Waals surface area contributed by atoms with Crippen LogP contribution in [0.5, 0.6) is 28.7 Å². The summed E-state index contributed by atoms with van der Waals surface area (Å²) in [6, 6.07) is 46.5. The highest BCUT2D eigenvalue weighted by atomic mass is 31.2. The zero-order valence-electron chi connectivity index (χ0n) is 57.4. The Morgan fingerprint density at radius 2 is 0.667 bits per heavy atom. The van der Waals surface area contributed by atoms with E-state index < -0.39 is 69.1 Å². The molecule has 19 heteroatoms. The van der Waals surface area contributed by atoms with E-state index in [9.17, 15) is 9.59 Å². The summed E-state index contributed by atoms with van der Waals surface area (Å²) in [5.74, 6) is 2.24. The summed E-state index contributed by atoms with van der Waals surface area (Å²) in [6.07, 6.45) is 8.91. The highest BCUT2D eigenvalue weighted by molar-refractivity contribution is 7.48. The normalized spacial score (nSPS) is 17.8. The van der Waals surface area contributed by atoms with Crippen molar-refractivity contribution in [1.82, 2.24) is 0 Å². The number of phosphoric ester groups is 1. The maximum atomic E-state index is 16.4. The van der Waals surface area contributed by atoms with E-state index in [1.54, 1.807) is 35.5 Å². The van der Waals surface area contributed by atoms with Gasteiger partial charge in [-0.25, -0.2) is 4.57 Å². The molecule has 0 bridgehead atoms. The van der Waals surface area contributed by atoms with Crippen LogP contribution in [0.1, 0.15) is 156 Å². The van der Waals surface area contributed by atoms with Crippen LogP contribution >= 0.6 is 7.82 Å². The van der Waals surface area contributed by atoms with E-state index in [1.165, 1.54) is 64.2 Å². The summed E-state index contributed by atoms with van der Waals surface area (Å²) >= 11 is 0. The third-order valence-corrected chi connectivity index (χ3v) is 18.2. The van der Waals surface area contributed by atoms with Gasteiger partial charge in [-0.2, -0.15) is 0 Å². The fraction of sp³-hybridized carbons (Fsp3) is 0.506. The lowest BCUT2D eigenvalue weighted by atomic mass is 9.83. The highest BCUT2D eigenvalue weighted by Crippen LogP contribution is 2.54. The molecule has 0 aromatic heterocycles. The van der Waals surface area contributed by atoms with E-state index >= 15 is 4.57 Å². The molecule has 1 aliphatic rings. The summed E-state index contributed by atoms with van der Waals surface area (Å²) in [5, 5.41) is 0. The first-order valence-electron chi connectivity index (χ1n) is 34.1. The standard InChI is InChI=1S/C77H103O18P/c1-8-10-11-12-13-14-15-16-17-18-19-20-21-25-29-70(78)86-56-69(94-71(79)26-9-2)57-93-96(80,92-55-58-27-23-22-24-28-58)95-77-75(90-53-62-36-46-67(84-6)47-37-62)73(88-51-60-32-42-65(82-4)43-33-60)72(87-50-59-30-40-64(81-3)41-31-59)74(89-52-61-34-44-66(83-5)45-35-61)76(77)91-54-63-38-48-68(85-7)49-39-63/h22-24,27-28,30-49,69,72-77H,8-21,25-26,29,50-57H2,1-7H3/t69-,72?,73-,74+,75-,76-,77?,96?/m1/s1. The number of methoxy groups -OCH3 is 5. The van der Waals surface area contributed by atoms with Gasteiger partial charge in [0, 0.05) is 12.8 Å². The largest absolute Gasteiger partial charge is 0.497 e. The molecule has 1 aliphatic carbocycles. The summed E-state index contributed by atoms with van der Waals surface area (Å²) in [7, 11) is 3.02. The topological polar surface area (TPSA) is 190 Å². The Hall–Kier alpha value is -6.83. The van der Waals surface area contributed by atoms with Gasteiger partial charge in [0.05, 0.1) is 81.8 Å². The fourth-order valence-electron chi connectivity index (χ4n) is 11.2. The molecule has 3 unspecified atom stereocenters. The van der Waals surface area contributed by atoms with Gasteiger partial charge < -0.3 is 56.8 Å². The van der Waals surface area contributed by atoms with Crippen LogP contribution in [0, 0.1) is 0 Å². The molecule has 0 amide bonds. The van der Waals surface area contributed by atoms with Crippen LogP contribution in [0.2, 0.25) is 0 Å². The summed E-state index contributed by atoms with van der Waals surface area (Å²) in [6.45, 7) is 2.95. The zero-order chi connectivity index (χ0) is 68.0. The molecule has 0 saturated heterocycles. The van der Waals surface area contributed by atoms with Crippen molar-refractivity contribution < 1.29 is 84.6 Å². The molecular weight excluding hydrogens is 1240 g/mol. The first-order chi connectivity index (χ1) is 46.9. The second-order valence-electron chi connectivity index (χ2n) is 24.1. The van der Waals surface area contributed by atoms with E-state index in [2.05, 4.69) is 6.92 Å². The van der Waals surface area contributed by atoms with Crippen molar-refractivity contribution in [3.63, 3.8) is 0 Å². The first-order valence-corrected chi connectivity index (χ1v) is 35.6. The fourth-order valence-corrected chi connectivity index (χ4v) is 12.6. The van der Waals surface area contributed by atoms with Crippen LogP contribution in [0.4, 0.5) is 0 Å². The van der Waals surface area contributed by atoms with Crippen molar-refractivity contribution in [3.05, 3.63) is 185 Å². The molecule has 0 heterocycles. The Bertz CT molecular complexity index is 3000. The molecule has 6 aromatic rings. The van der Waals surface area contributed by atoms with Crippen LogP contribution in [-0.2, 0) is 101 Å². The van der Waals surface area contributed by atoms with Gasteiger partial charge in [-0.05, 0) is 107 Å². The average Bonchev–Trinajstić information content (AvgIpc) is 0.758. The van der Waals surface area contributed by atoms with Crippen molar-refractivity contribution in [2.45, 2.75) is 205 Å². The average molecular weight is 1350 g/mol. The highest BCUT2D eigenvalue weighted by Gasteiger charge is 2.57. The number of esters is 2. The number of benzene rings is 6. The van der Waals surface area contributed by atoms with Crippen LogP contribution in [0.3, 0.4) is 0 Å². The van der Waals surface area contributed by atoms with Gasteiger partial charge in [0.1, 0.15) is 72.0 Å². The van der Waals surface area contributed by atoms with E-state index in [0.717, 1.165) is 47.1 Å². The van der Waals surface area contributed by atoms with E-state index in [4.69, 9.17) is 70.4 Å². The van der Waals surface area contributed by atoms with Crippen LogP contribution < -0.4 is 23.7 Å². The van der Waals surface area contributed by atoms with Gasteiger partial charge in [0.15, 0.2) is 6.10 Å². The van der Waals surface area contributed by atoms with E-state index in [-0.39, 0.29) is 59.1 Å². The molecule has 8 atom stereocenters. The van der Waals surface area contributed by atoms with Crippen LogP contribution in [0.25, 0.3) is 0 Å². The Labute approximate surface area is 569 Å². The van der Waals surface area contributed by atoms with E-state index in [1.807, 2.05) is 159 Å². The minimum Gasteiger partial charge on any atom is -0.497 e. The molecule has 0 N–H and O–H groups in total. The van der Waals surface area contributed by atoms with E-state index in [0.29, 0.717) is 47.2 Å². The van der Waals surface area contributed by atoms with Crippen molar-refractivity contribution in [2.75, 3.05) is 48.8 Å². The maximum absolute atomic E-state index is 16.4. The minimum atomic E-state index is -4.98. The molecule has 7 rings (SSSR count). The van der Waals surface area contributed by atoms with Gasteiger partial charge in [0.25, 0.3) is 0 Å². The van der Waals surface area contributed by atoms with Gasteiger partial charge in [-0.3, -0.25) is 23.2 Å². The Morgan fingerprint density at radius 1 is 0.344 bits per heavy atom. The number of unbranched alkanes of at least 4 members (excludes halogenated alkanes) is 13. The predicted molar refractivity (Wildman–Crippen MR) is 368 cm³/mol. The Morgan fingerprint density at radius 3 is 1.00 bits per heavy atom. The number of phosphoric acid groups is 1. The van der Waals surface area contributed by atoms with Crippen molar-refractivity contribution >= 4 is 19.8 Å². The third kappa shape index (κ3) is 26.9. The van der Waals surface area contributed by atoms with Gasteiger partial charge in [-0.1, -0.05) is 188 Å².